The predicted octanol–water partition coefficient (Wildman–Crippen LogP) is 3.65. The van der Waals surface area contributed by atoms with Crippen molar-refractivity contribution in [3.05, 3.63) is 70.3 Å². The molecule has 0 saturated carbocycles. The van der Waals surface area contributed by atoms with Gasteiger partial charge in [0, 0.05) is 12.6 Å². The van der Waals surface area contributed by atoms with Gasteiger partial charge in [-0.25, -0.2) is 0 Å². The van der Waals surface area contributed by atoms with Crippen molar-refractivity contribution in [3.63, 3.8) is 0 Å². The highest BCUT2D eigenvalue weighted by molar-refractivity contribution is 5.32. The Bertz CT molecular complexity index is 577. The topological polar surface area (TPSA) is 32.3 Å². The third-order valence-corrected chi connectivity index (χ3v) is 3.68. The van der Waals surface area contributed by atoms with Gasteiger partial charge in [0.2, 0.25) is 0 Å². The maximum atomic E-state index is 9.16. The van der Waals surface area contributed by atoms with E-state index in [4.69, 9.17) is 5.11 Å². The minimum Gasteiger partial charge on any atom is -0.392 e. The van der Waals surface area contributed by atoms with Gasteiger partial charge in [0.15, 0.2) is 0 Å². The van der Waals surface area contributed by atoms with E-state index < -0.39 is 0 Å². The van der Waals surface area contributed by atoms with Crippen LogP contribution in [-0.2, 0) is 13.2 Å². The Morgan fingerprint density at radius 2 is 1.80 bits per heavy atom. The van der Waals surface area contributed by atoms with Crippen LogP contribution in [0.5, 0.6) is 0 Å². The summed E-state index contributed by atoms with van der Waals surface area (Å²) in [6, 6.07) is 15.0. The Kier molecular flexibility index (Phi) is 4.94. The summed E-state index contributed by atoms with van der Waals surface area (Å²) in [5.41, 5.74) is 6.13. The van der Waals surface area contributed by atoms with E-state index in [9.17, 15) is 0 Å². The zero-order valence-electron chi connectivity index (χ0n) is 12.5. The van der Waals surface area contributed by atoms with Gasteiger partial charge < -0.3 is 10.4 Å². The van der Waals surface area contributed by atoms with Gasteiger partial charge in [-0.2, -0.15) is 0 Å². The van der Waals surface area contributed by atoms with E-state index in [1.54, 1.807) is 0 Å². The highest BCUT2D eigenvalue weighted by atomic mass is 16.3. The molecular formula is C18H23NO. The van der Waals surface area contributed by atoms with E-state index >= 15 is 0 Å². The van der Waals surface area contributed by atoms with Crippen LogP contribution in [0.2, 0.25) is 0 Å². The predicted molar refractivity (Wildman–Crippen MR) is 83.5 cm³/mol. The Balaban J connectivity index is 2.02. The Morgan fingerprint density at radius 1 is 1.05 bits per heavy atom. The van der Waals surface area contributed by atoms with Gasteiger partial charge in [0.25, 0.3) is 0 Å². The molecule has 0 heterocycles. The first-order chi connectivity index (χ1) is 9.60. The summed E-state index contributed by atoms with van der Waals surface area (Å²) in [6.07, 6.45) is 0. The SMILES string of the molecule is Cc1ccc([C@@H](C)NCc2cccc(CO)c2)c(C)c1. The molecule has 0 spiro atoms. The molecule has 0 aromatic heterocycles. The van der Waals surface area contributed by atoms with Gasteiger partial charge >= 0.3 is 0 Å². The number of benzene rings is 2. The number of nitrogens with one attached hydrogen (secondary N) is 1. The van der Waals surface area contributed by atoms with Crippen molar-refractivity contribution in [1.29, 1.82) is 0 Å². The number of rotatable bonds is 5. The zero-order chi connectivity index (χ0) is 14.5. The second-order valence-corrected chi connectivity index (χ2v) is 5.44. The monoisotopic (exact) mass is 269 g/mol. The van der Waals surface area contributed by atoms with Crippen LogP contribution in [0.4, 0.5) is 0 Å². The smallest absolute Gasteiger partial charge is 0.0681 e. The Hall–Kier alpha value is -1.64. The third kappa shape index (κ3) is 3.69. The molecule has 1 atom stereocenters. The second-order valence-electron chi connectivity index (χ2n) is 5.44. The van der Waals surface area contributed by atoms with Crippen molar-refractivity contribution in [3.8, 4) is 0 Å². The lowest BCUT2D eigenvalue weighted by atomic mass is 10.00. The summed E-state index contributed by atoms with van der Waals surface area (Å²) in [7, 11) is 0. The number of aliphatic hydroxyl groups is 1. The number of hydrogen-bond donors (Lipinski definition) is 2. The lowest BCUT2D eigenvalue weighted by molar-refractivity contribution is 0.281. The van der Waals surface area contributed by atoms with E-state index in [2.05, 4.69) is 50.4 Å². The molecule has 0 saturated heterocycles. The zero-order valence-corrected chi connectivity index (χ0v) is 12.5. The van der Waals surface area contributed by atoms with Crippen molar-refractivity contribution < 1.29 is 5.11 Å². The fourth-order valence-corrected chi connectivity index (χ4v) is 2.53. The first-order valence-corrected chi connectivity index (χ1v) is 7.09. The van der Waals surface area contributed by atoms with Crippen LogP contribution in [0, 0.1) is 13.8 Å². The Labute approximate surface area is 121 Å². The van der Waals surface area contributed by atoms with Crippen molar-refractivity contribution in [2.75, 3.05) is 0 Å². The van der Waals surface area contributed by atoms with Crippen LogP contribution in [0.25, 0.3) is 0 Å². The van der Waals surface area contributed by atoms with Crippen LogP contribution in [0.1, 0.15) is 40.8 Å². The molecule has 2 aromatic rings. The molecule has 0 amide bonds. The third-order valence-electron chi connectivity index (χ3n) is 3.68. The summed E-state index contributed by atoms with van der Waals surface area (Å²) in [4.78, 5) is 0. The Morgan fingerprint density at radius 3 is 2.50 bits per heavy atom. The van der Waals surface area contributed by atoms with Crippen LogP contribution in [-0.4, -0.2) is 5.11 Å². The maximum absolute atomic E-state index is 9.16. The van der Waals surface area contributed by atoms with Gasteiger partial charge in [-0.3, -0.25) is 0 Å². The molecule has 0 unspecified atom stereocenters. The van der Waals surface area contributed by atoms with Crippen molar-refractivity contribution >= 4 is 0 Å². The van der Waals surface area contributed by atoms with Crippen LogP contribution < -0.4 is 5.32 Å². The van der Waals surface area contributed by atoms with Gasteiger partial charge in [0.1, 0.15) is 0 Å². The second kappa shape index (κ2) is 6.69. The van der Waals surface area contributed by atoms with Crippen molar-refractivity contribution in [2.24, 2.45) is 0 Å². The van der Waals surface area contributed by atoms with E-state index in [1.165, 1.54) is 22.3 Å². The maximum Gasteiger partial charge on any atom is 0.0681 e. The van der Waals surface area contributed by atoms with Gasteiger partial charge in [-0.05, 0) is 43.0 Å². The average Bonchev–Trinajstić information content (AvgIpc) is 2.45. The molecule has 0 radical (unpaired) electrons. The number of hydrogen-bond acceptors (Lipinski definition) is 2. The summed E-state index contributed by atoms with van der Waals surface area (Å²) in [6.45, 7) is 7.37. The number of aryl methyl sites for hydroxylation is 2. The minimum absolute atomic E-state index is 0.0977. The molecule has 0 bridgehead atoms. The van der Waals surface area contributed by atoms with E-state index in [0.29, 0.717) is 6.04 Å². The van der Waals surface area contributed by atoms with Crippen molar-refractivity contribution in [2.45, 2.75) is 40.0 Å². The molecule has 2 aromatic carbocycles. The first kappa shape index (κ1) is 14.8. The molecule has 2 rings (SSSR count). The van der Waals surface area contributed by atoms with E-state index in [0.717, 1.165) is 12.1 Å². The molecule has 0 aliphatic rings. The largest absolute Gasteiger partial charge is 0.392 e. The van der Waals surface area contributed by atoms with Crippen LogP contribution in [0.3, 0.4) is 0 Å². The highest BCUT2D eigenvalue weighted by Crippen LogP contribution is 2.19. The fourth-order valence-electron chi connectivity index (χ4n) is 2.53. The van der Waals surface area contributed by atoms with Gasteiger partial charge in [0.05, 0.1) is 6.61 Å². The molecule has 106 valence electrons. The molecule has 0 aliphatic carbocycles. The quantitative estimate of drug-likeness (QED) is 0.868. The molecule has 0 fully saturated rings. The lowest BCUT2D eigenvalue weighted by Crippen LogP contribution is -2.19. The summed E-state index contributed by atoms with van der Waals surface area (Å²) in [5.74, 6) is 0. The molecule has 2 nitrogen and oxygen atoms in total. The summed E-state index contributed by atoms with van der Waals surface area (Å²) < 4.78 is 0. The lowest BCUT2D eigenvalue weighted by Gasteiger charge is -2.17. The molecule has 0 aliphatic heterocycles. The van der Waals surface area contributed by atoms with Gasteiger partial charge in [-0.15, -0.1) is 0 Å². The van der Waals surface area contributed by atoms with E-state index in [-0.39, 0.29) is 6.61 Å². The minimum atomic E-state index is 0.0977. The summed E-state index contributed by atoms with van der Waals surface area (Å²) >= 11 is 0. The number of aliphatic hydroxyl groups excluding tert-OH is 1. The highest BCUT2D eigenvalue weighted by Gasteiger charge is 2.08. The summed E-state index contributed by atoms with van der Waals surface area (Å²) in [5, 5.41) is 12.7. The van der Waals surface area contributed by atoms with Crippen LogP contribution in [0.15, 0.2) is 42.5 Å². The molecule has 2 N–H and O–H groups in total. The standard InChI is InChI=1S/C18H23NO/c1-13-7-8-18(14(2)9-13)15(3)19-11-16-5-4-6-17(10-16)12-20/h4-10,15,19-20H,11-12H2,1-3H3/t15-/m1/s1. The molecule has 2 heteroatoms. The normalized spacial score (nSPS) is 12.4. The van der Waals surface area contributed by atoms with Crippen LogP contribution >= 0.6 is 0 Å². The molecule has 20 heavy (non-hydrogen) atoms. The first-order valence-electron chi connectivity index (χ1n) is 7.09. The average molecular weight is 269 g/mol. The fraction of sp³-hybridized carbons (Fsp3) is 0.333. The van der Waals surface area contributed by atoms with Gasteiger partial charge in [-0.1, -0.05) is 48.0 Å². The van der Waals surface area contributed by atoms with E-state index in [1.807, 2.05) is 18.2 Å². The molecular weight excluding hydrogens is 246 g/mol. The van der Waals surface area contributed by atoms with Crippen molar-refractivity contribution in [1.82, 2.24) is 5.32 Å².